The molecule has 35 heavy (non-hydrogen) atoms. The summed E-state index contributed by atoms with van der Waals surface area (Å²) >= 11 is 1.14. The molecule has 0 saturated carbocycles. The predicted octanol–water partition coefficient (Wildman–Crippen LogP) is 3.82. The summed E-state index contributed by atoms with van der Waals surface area (Å²) in [4.78, 5) is 12.6. The van der Waals surface area contributed by atoms with Crippen molar-refractivity contribution in [2.75, 3.05) is 31.3 Å². The normalized spacial score (nSPS) is 15.1. The van der Waals surface area contributed by atoms with E-state index < -0.39 is 10.0 Å². The number of hydrogen-bond acceptors (Lipinski definition) is 8. The molecular weight excluding hydrogens is 488 g/mol. The summed E-state index contributed by atoms with van der Waals surface area (Å²) in [6.45, 7) is 3.22. The molecule has 1 fully saturated rings. The molecule has 0 aliphatic carbocycles. The van der Waals surface area contributed by atoms with Crippen molar-refractivity contribution < 1.29 is 22.4 Å². The second-order valence-corrected chi connectivity index (χ2v) is 11.3. The minimum absolute atomic E-state index is 0.0795. The number of nitrogens with one attached hydrogen (secondary N) is 1. The van der Waals surface area contributed by atoms with E-state index in [4.69, 9.17) is 9.15 Å². The Labute approximate surface area is 209 Å². The Morgan fingerprint density at radius 2 is 1.80 bits per heavy atom. The molecule has 2 heterocycles. The van der Waals surface area contributed by atoms with Gasteiger partial charge in [-0.1, -0.05) is 30.8 Å². The zero-order valence-electron chi connectivity index (χ0n) is 19.6. The van der Waals surface area contributed by atoms with Crippen molar-refractivity contribution in [2.24, 2.45) is 5.92 Å². The lowest BCUT2D eigenvalue weighted by molar-refractivity contribution is -0.113. The van der Waals surface area contributed by atoms with Gasteiger partial charge >= 0.3 is 0 Å². The van der Waals surface area contributed by atoms with Crippen LogP contribution in [0.4, 0.5) is 5.69 Å². The number of nitrogens with zero attached hydrogens (tertiary/aromatic N) is 3. The molecule has 0 bridgehead atoms. The van der Waals surface area contributed by atoms with E-state index in [1.807, 2.05) is 24.3 Å². The van der Waals surface area contributed by atoms with Gasteiger partial charge in [0, 0.05) is 18.8 Å². The lowest BCUT2D eigenvalue weighted by atomic mass is 10.0. The third-order valence-corrected chi connectivity index (χ3v) is 8.54. The first-order valence-corrected chi connectivity index (χ1v) is 13.7. The van der Waals surface area contributed by atoms with Crippen molar-refractivity contribution in [2.45, 2.75) is 36.3 Å². The molecule has 0 spiro atoms. The molecular formula is C24H28N4O5S2. The van der Waals surface area contributed by atoms with Gasteiger partial charge < -0.3 is 14.5 Å². The topological polar surface area (TPSA) is 115 Å². The van der Waals surface area contributed by atoms with E-state index in [1.165, 1.54) is 16.4 Å². The fourth-order valence-corrected chi connectivity index (χ4v) is 5.75. The SMILES string of the molecule is COc1ccc(Cc2nnc(SCC(=O)Nc3ccc(S(=O)(=O)N4CCC(C)CC4)cc3)o2)cc1. The Hall–Kier alpha value is -2.89. The number of piperidine rings is 1. The Kier molecular flexibility index (Phi) is 8.09. The third-order valence-electron chi connectivity index (χ3n) is 5.81. The Bertz CT molecular complexity index is 1240. The van der Waals surface area contributed by atoms with Crippen molar-refractivity contribution in [1.29, 1.82) is 0 Å². The summed E-state index contributed by atoms with van der Waals surface area (Å²) in [6.07, 6.45) is 2.22. The lowest BCUT2D eigenvalue weighted by Gasteiger charge is -2.29. The Balaban J connectivity index is 1.26. The van der Waals surface area contributed by atoms with Crippen LogP contribution >= 0.6 is 11.8 Å². The molecule has 186 valence electrons. The van der Waals surface area contributed by atoms with Crippen molar-refractivity contribution >= 4 is 33.4 Å². The van der Waals surface area contributed by atoms with Gasteiger partial charge in [0.25, 0.3) is 5.22 Å². The summed E-state index contributed by atoms with van der Waals surface area (Å²) in [5.41, 5.74) is 1.52. The van der Waals surface area contributed by atoms with Crippen LogP contribution in [0.25, 0.3) is 0 Å². The maximum Gasteiger partial charge on any atom is 0.277 e. The van der Waals surface area contributed by atoms with E-state index in [-0.39, 0.29) is 16.6 Å². The molecule has 1 saturated heterocycles. The molecule has 9 nitrogen and oxygen atoms in total. The highest BCUT2D eigenvalue weighted by Crippen LogP contribution is 2.25. The lowest BCUT2D eigenvalue weighted by Crippen LogP contribution is -2.37. The monoisotopic (exact) mass is 516 g/mol. The van der Waals surface area contributed by atoms with Crippen LogP contribution in [-0.4, -0.2) is 54.8 Å². The standard InChI is InChI=1S/C24H28N4O5S2/c1-17-11-13-28(14-12-17)35(30,31)21-9-5-19(6-10-21)25-22(29)16-34-24-27-26-23(33-24)15-18-3-7-20(32-2)8-4-18/h3-10,17H,11-16H2,1-2H3,(H,25,29). The Morgan fingerprint density at radius 3 is 2.46 bits per heavy atom. The van der Waals surface area contributed by atoms with Gasteiger partial charge in [-0.3, -0.25) is 4.79 Å². The van der Waals surface area contributed by atoms with Gasteiger partial charge in [0.15, 0.2) is 0 Å². The van der Waals surface area contributed by atoms with Crippen LogP contribution in [-0.2, 0) is 21.2 Å². The van der Waals surface area contributed by atoms with Crippen LogP contribution in [0.5, 0.6) is 5.75 Å². The molecule has 1 aromatic heterocycles. The first-order chi connectivity index (χ1) is 16.8. The maximum atomic E-state index is 12.8. The second-order valence-electron chi connectivity index (χ2n) is 8.43. The number of benzene rings is 2. The van der Waals surface area contributed by atoms with Crippen LogP contribution in [0.15, 0.2) is 63.1 Å². The van der Waals surface area contributed by atoms with Crippen LogP contribution in [0.2, 0.25) is 0 Å². The molecule has 2 aromatic carbocycles. The van der Waals surface area contributed by atoms with E-state index in [0.717, 1.165) is 35.9 Å². The van der Waals surface area contributed by atoms with Gasteiger partial charge in [-0.25, -0.2) is 8.42 Å². The average molecular weight is 517 g/mol. The molecule has 1 amide bonds. The van der Waals surface area contributed by atoms with Crippen molar-refractivity contribution in [1.82, 2.24) is 14.5 Å². The predicted molar refractivity (Wildman–Crippen MR) is 133 cm³/mol. The number of amides is 1. The number of rotatable bonds is 9. The fraction of sp³-hybridized carbons (Fsp3) is 0.375. The first-order valence-electron chi connectivity index (χ1n) is 11.3. The van der Waals surface area contributed by atoms with Gasteiger partial charge in [-0.15, -0.1) is 10.2 Å². The first kappa shape index (κ1) is 25.2. The number of methoxy groups -OCH3 is 1. The average Bonchev–Trinajstić information content (AvgIpc) is 3.31. The number of aromatic nitrogens is 2. The molecule has 3 aromatic rings. The smallest absolute Gasteiger partial charge is 0.277 e. The Morgan fingerprint density at radius 1 is 1.11 bits per heavy atom. The molecule has 0 unspecified atom stereocenters. The summed E-state index contributed by atoms with van der Waals surface area (Å²) in [5.74, 6) is 1.60. The van der Waals surface area contributed by atoms with Crippen LogP contribution < -0.4 is 10.1 Å². The zero-order chi connectivity index (χ0) is 24.8. The minimum atomic E-state index is -3.52. The maximum absolute atomic E-state index is 12.8. The van der Waals surface area contributed by atoms with Crippen LogP contribution in [0, 0.1) is 5.92 Å². The van der Waals surface area contributed by atoms with E-state index in [0.29, 0.717) is 42.2 Å². The third kappa shape index (κ3) is 6.62. The summed E-state index contributed by atoms with van der Waals surface area (Å²) in [5, 5.41) is 11.1. The van der Waals surface area contributed by atoms with E-state index in [1.54, 1.807) is 19.2 Å². The molecule has 4 rings (SSSR count). The van der Waals surface area contributed by atoms with E-state index in [2.05, 4.69) is 22.4 Å². The number of carbonyl (C=O) groups is 1. The van der Waals surface area contributed by atoms with Crippen molar-refractivity contribution in [3.05, 3.63) is 60.0 Å². The summed E-state index contributed by atoms with van der Waals surface area (Å²) in [6, 6.07) is 13.8. The fourth-order valence-electron chi connectivity index (χ4n) is 3.69. The molecule has 1 N–H and O–H groups in total. The largest absolute Gasteiger partial charge is 0.497 e. The number of ether oxygens (including phenoxy) is 1. The number of sulfonamides is 1. The molecule has 1 aliphatic rings. The van der Waals surface area contributed by atoms with Crippen LogP contribution in [0.3, 0.4) is 0 Å². The van der Waals surface area contributed by atoms with Gasteiger partial charge in [0.1, 0.15) is 5.75 Å². The van der Waals surface area contributed by atoms with Gasteiger partial charge in [-0.05, 0) is 60.7 Å². The van der Waals surface area contributed by atoms with E-state index in [9.17, 15) is 13.2 Å². The quantitative estimate of drug-likeness (QED) is 0.427. The van der Waals surface area contributed by atoms with Crippen LogP contribution in [0.1, 0.15) is 31.2 Å². The molecule has 0 atom stereocenters. The number of carbonyl (C=O) groups excluding carboxylic acids is 1. The van der Waals surface area contributed by atoms with Crippen molar-refractivity contribution in [3.63, 3.8) is 0 Å². The van der Waals surface area contributed by atoms with Crippen molar-refractivity contribution in [3.8, 4) is 5.75 Å². The van der Waals surface area contributed by atoms with Gasteiger partial charge in [0.2, 0.25) is 21.8 Å². The molecule has 0 radical (unpaired) electrons. The zero-order valence-corrected chi connectivity index (χ0v) is 21.3. The van der Waals surface area contributed by atoms with Gasteiger partial charge in [0.05, 0.1) is 24.2 Å². The second kappa shape index (κ2) is 11.2. The van der Waals surface area contributed by atoms with Gasteiger partial charge in [-0.2, -0.15) is 4.31 Å². The highest BCUT2D eigenvalue weighted by molar-refractivity contribution is 7.99. The number of hydrogen-bond donors (Lipinski definition) is 1. The number of anilines is 1. The van der Waals surface area contributed by atoms with E-state index >= 15 is 0 Å². The summed E-state index contributed by atoms with van der Waals surface area (Å²) in [7, 11) is -1.90. The molecule has 1 aliphatic heterocycles. The molecule has 11 heteroatoms. The minimum Gasteiger partial charge on any atom is -0.497 e. The number of thioether (sulfide) groups is 1. The highest BCUT2D eigenvalue weighted by atomic mass is 32.2. The highest BCUT2D eigenvalue weighted by Gasteiger charge is 2.27. The summed E-state index contributed by atoms with van der Waals surface area (Å²) < 4.78 is 38.0.